The van der Waals surface area contributed by atoms with E-state index in [1.807, 2.05) is 0 Å². The van der Waals surface area contributed by atoms with Crippen LogP contribution in [0.4, 0.5) is 0 Å². The Bertz CT molecular complexity index is 244. The highest BCUT2D eigenvalue weighted by molar-refractivity contribution is 5.81. The first kappa shape index (κ1) is 11.0. The van der Waals surface area contributed by atoms with Crippen LogP contribution in [-0.4, -0.2) is 29.6 Å². The van der Waals surface area contributed by atoms with Crippen molar-refractivity contribution in [3.8, 4) is 0 Å². The van der Waals surface area contributed by atoms with E-state index in [4.69, 9.17) is 10.8 Å². The van der Waals surface area contributed by atoms with E-state index in [-0.39, 0.29) is 11.8 Å². The van der Waals surface area contributed by atoms with Gasteiger partial charge in [-0.15, -0.1) is 0 Å². The molecule has 0 atom stereocenters. The maximum atomic E-state index is 11.2. The van der Waals surface area contributed by atoms with E-state index in [2.05, 4.69) is 5.32 Å². The van der Waals surface area contributed by atoms with Gasteiger partial charge in [-0.2, -0.15) is 0 Å². The van der Waals surface area contributed by atoms with Crippen LogP contribution in [0.3, 0.4) is 0 Å². The van der Waals surface area contributed by atoms with E-state index in [1.165, 1.54) is 0 Å². The summed E-state index contributed by atoms with van der Waals surface area (Å²) >= 11 is 0. The molecule has 5 heteroatoms. The zero-order chi connectivity index (χ0) is 10.8. The van der Waals surface area contributed by atoms with Crippen LogP contribution < -0.4 is 11.1 Å². The largest absolute Gasteiger partial charge is 0.480 e. The molecule has 80 valence electrons. The molecule has 0 saturated heterocycles. The lowest BCUT2D eigenvalue weighted by Gasteiger charge is -2.32. The smallest absolute Gasteiger partial charge is 0.323 e. The Morgan fingerprint density at radius 1 is 1.43 bits per heavy atom. The molecule has 0 aliphatic heterocycles. The van der Waals surface area contributed by atoms with Crippen LogP contribution in [0.2, 0.25) is 0 Å². The monoisotopic (exact) mass is 200 g/mol. The summed E-state index contributed by atoms with van der Waals surface area (Å²) in [6.45, 7) is 0. The number of amides is 1. The third kappa shape index (κ3) is 2.04. The summed E-state index contributed by atoms with van der Waals surface area (Å²) in [6.07, 6.45) is 1.87. The molecule has 5 nitrogen and oxygen atoms in total. The van der Waals surface area contributed by atoms with Gasteiger partial charge in [0.15, 0.2) is 0 Å². The number of hydrogen-bond acceptors (Lipinski definition) is 3. The van der Waals surface area contributed by atoms with Crippen molar-refractivity contribution in [3.63, 3.8) is 0 Å². The second-order valence-electron chi connectivity index (χ2n) is 3.85. The predicted octanol–water partition coefficient (Wildman–Crippen LogP) is -0.295. The van der Waals surface area contributed by atoms with Crippen molar-refractivity contribution >= 4 is 11.9 Å². The fourth-order valence-corrected chi connectivity index (χ4v) is 1.81. The number of carboxylic acid groups (broad SMARTS) is 1. The number of carbonyl (C=O) groups is 2. The molecule has 0 aromatic rings. The third-order valence-electron chi connectivity index (χ3n) is 2.92. The van der Waals surface area contributed by atoms with E-state index in [0.29, 0.717) is 25.7 Å². The van der Waals surface area contributed by atoms with Crippen LogP contribution >= 0.6 is 0 Å². The quantitative estimate of drug-likeness (QED) is 0.571. The average Bonchev–Trinajstić information content (AvgIpc) is 2.17. The van der Waals surface area contributed by atoms with Gasteiger partial charge in [0.25, 0.3) is 0 Å². The molecular formula is C9H16N2O3. The lowest BCUT2D eigenvalue weighted by molar-refractivity contribution is -0.146. The van der Waals surface area contributed by atoms with Gasteiger partial charge in [0.2, 0.25) is 5.91 Å². The Hall–Kier alpha value is -1.10. The van der Waals surface area contributed by atoms with Crippen molar-refractivity contribution in [2.24, 2.45) is 11.7 Å². The molecule has 0 heterocycles. The number of carboxylic acids is 1. The number of nitrogens with one attached hydrogen (secondary N) is 1. The fourth-order valence-electron chi connectivity index (χ4n) is 1.81. The van der Waals surface area contributed by atoms with Crippen LogP contribution in [0.25, 0.3) is 0 Å². The van der Waals surface area contributed by atoms with Crippen LogP contribution in [0.5, 0.6) is 0 Å². The summed E-state index contributed by atoms with van der Waals surface area (Å²) in [7, 11) is 1.59. The number of nitrogens with two attached hydrogens (primary N) is 1. The van der Waals surface area contributed by atoms with E-state index in [0.717, 1.165) is 0 Å². The topological polar surface area (TPSA) is 92.4 Å². The molecule has 1 fully saturated rings. The van der Waals surface area contributed by atoms with Crippen molar-refractivity contribution in [2.75, 3.05) is 7.05 Å². The Labute approximate surface area is 82.7 Å². The van der Waals surface area contributed by atoms with Crippen LogP contribution in [0.15, 0.2) is 0 Å². The number of aliphatic carboxylic acids is 1. The highest BCUT2D eigenvalue weighted by atomic mass is 16.4. The van der Waals surface area contributed by atoms with E-state index >= 15 is 0 Å². The molecular weight excluding hydrogens is 184 g/mol. The third-order valence-corrected chi connectivity index (χ3v) is 2.92. The zero-order valence-electron chi connectivity index (χ0n) is 8.25. The van der Waals surface area contributed by atoms with Gasteiger partial charge in [-0.05, 0) is 25.7 Å². The van der Waals surface area contributed by atoms with Gasteiger partial charge in [-0.3, -0.25) is 9.59 Å². The van der Waals surface area contributed by atoms with Crippen molar-refractivity contribution in [1.82, 2.24) is 5.32 Å². The maximum absolute atomic E-state index is 11.2. The summed E-state index contributed by atoms with van der Waals surface area (Å²) in [5.74, 6) is -1.05. The minimum Gasteiger partial charge on any atom is -0.480 e. The molecule has 0 bridgehead atoms. The maximum Gasteiger partial charge on any atom is 0.323 e. The molecule has 1 amide bonds. The summed E-state index contributed by atoms with van der Waals surface area (Å²) < 4.78 is 0. The molecule has 1 aliphatic carbocycles. The standard InChI is InChI=1S/C9H16N2O3/c1-11-7(12)6-2-4-9(10,5-3-6)8(13)14/h6H,2-5,10H2,1H3,(H,11,12)(H,13,14). The minimum absolute atomic E-state index is 0.0163. The molecule has 1 aliphatic rings. The van der Waals surface area contributed by atoms with Crippen LogP contribution in [-0.2, 0) is 9.59 Å². The molecule has 0 spiro atoms. The van der Waals surface area contributed by atoms with Crippen molar-refractivity contribution in [3.05, 3.63) is 0 Å². The number of hydrogen-bond donors (Lipinski definition) is 3. The molecule has 0 aromatic carbocycles. The molecule has 14 heavy (non-hydrogen) atoms. The van der Waals surface area contributed by atoms with Gasteiger partial charge in [-0.25, -0.2) is 0 Å². The lowest BCUT2D eigenvalue weighted by atomic mass is 9.77. The lowest BCUT2D eigenvalue weighted by Crippen LogP contribution is -2.51. The normalized spacial score (nSPS) is 32.3. The molecule has 4 N–H and O–H groups in total. The van der Waals surface area contributed by atoms with E-state index < -0.39 is 11.5 Å². The fraction of sp³-hybridized carbons (Fsp3) is 0.778. The van der Waals surface area contributed by atoms with Crippen molar-refractivity contribution < 1.29 is 14.7 Å². The van der Waals surface area contributed by atoms with Crippen LogP contribution in [0, 0.1) is 5.92 Å². The SMILES string of the molecule is CNC(=O)C1CCC(N)(C(=O)O)CC1. The zero-order valence-corrected chi connectivity index (χ0v) is 8.25. The number of carbonyl (C=O) groups excluding carboxylic acids is 1. The first-order valence-corrected chi connectivity index (χ1v) is 4.73. The van der Waals surface area contributed by atoms with Crippen molar-refractivity contribution in [1.29, 1.82) is 0 Å². The minimum atomic E-state index is -1.12. The first-order chi connectivity index (χ1) is 6.49. The highest BCUT2D eigenvalue weighted by Gasteiger charge is 2.39. The van der Waals surface area contributed by atoms with Crippen LogP contribution in [0.1, 0.15) is 25.7 Å². The van der Waals surface area contributed by atoms with Gasteiger partial charge >= 0.3 is 5.97 Å². The summed E-state index contributed by atoms with van der Waals surface area (Å²) in [5, 5.41) is 11.4. The summed E-state index contributed by atoms with van der Waals surface area (Å²) in [5.41, 5.74) is 4.55. The molecule has 0 unspecified atom stereocenters. The average molecular weight is 200 g/mol. The first-order valence-electron chi connectivity index (χ1n) is 4.73. The molecule has 0 aromatic heterocycles. The van der Waals surface area contributed by atoms with Gasteiger partial charge in [0.05, 0.1) is 0 Å². The van der Waals surface area contributed by atoms with Gasteiger partial charge < -0.3 is 16.2 Å². The molecule has 0 radical (unpaired) electrons. The van der Waals surface area contributed by atoms with Crippen molar-refractivity contribution in [2.45, 2.75) is 31.2 Å². The second kappa shape index (κ2) is 3.96. The Morgan fingerprint density at radius 2 is 1.93 bits per heavy atom. The highest BCUT2D eigenvalue weighted by Crippen LogP contribution is 2.30. The summed E-state index contributed by atoms with van der Waals surface area (Å²) in [6, 6.07) is 0. The number of rotatable bonds is 2. The summed E-state index contributed by atoms with van der Waals surface area (Å²) in [4.78, 5) is 22.0. The Balaban J connectivity index is 2.54. The predicted molar refractivity (Wildman–Crippen MR) is 50.6 cm³/mol. The van der Waals surface area contributed by atoms with Gasteiger partial charge in [0.1, 0.15) is 5.54 Å². The van der Waals surface area contributed by atoms with Gasteiger partial charge in [0, 0.05) is 13.0 Å². The molecule has 1 saturated carbocycles. The van der Waals surface area contributed by atoms with Gasteiger partial charge in [-0.1, -0.05) is 0 Å². The Kier molecular flexibility index (Phi) is 3.10. The van der Waals surface area contributed by atoms with E-state index in [1.54, 1.807) is 7.05 Å². The van der Waals surface area contributed by atoms with E-state index in [9.17, 15) is 9.59 Å². The molecule has 1 rings (SSSR count). The Morgan fingerprint density at radius 3 is 2.29 bits per heavy atom. The second-order valence-corrected chi connectivity index (χ2v) is 3.85.